The Morgan fingerprint density at radius 1 is 1.36 bits per heavy atom. The lowest BCUT2D eigenvalue weighted by Gasteiger charge is -2.05. The van der Waals surface area contributed by atoms with Crippen LogP contribution in [0.1, 0.15) is 16.1 Å². The van der Waals surface area contributed by atoms with Crippen LogP contribution in [0, 0.1) is 0 Å². The van der Waals surface area contributed by atoms with Crippen molar-refractivity contribution in [2.45, 2.75) is 6.42 Å². The van der Waals surface area contributed by atoms with Gasteiger partial charge in [-0.15, -0.1) is 21.5 Å². The molecule has 0 atom stereocenters. The van der Waals surface area contributed by atoms with Crippen LogP contribution in [0.15, 0.2) is 29.9 Å². The van der Waals surface area contributed by atoms with E-state index in [0.29, 0.717) is 30.0 Å². The first-order chi connectivity index (χ1) is 10.8. The minimum absolute atomic E-state index is 0.131. The topological polar surface area (TPSA) is 77.8 Å². The molecule has 0 aliphatic carbocycles. The number of carbonyl (C=O) groups is 1. The summed E-state index contributed by atoms with van der Waals surface area (Å²) in [6.45, 7) is 0.741. The minimum Gasteiger partial charge on any atom is -0.454 e. The number of ether oxygens (including phenoxy) is 2. The van der Waals surface area contributed by atoms with E-state index < -0.39 is 0 Å². The zero-order chi connectivity index (χ0) is 14.9. The molecule has 22 heavy (non-hydrogen) atoms. The summed E-state index contributed by atoms with van der Waals surface area (Å²) in [4.78, 5) is 13.0. The summed E-state index contributed by atoms with van der Waals surface area (Å²) >= 11 is 1.54. The number of nitrogens with one attached hydrogen (secondary N) is 1. The maximum Gasteiger partial charge on any atom is 0.251 e. The molecule has 0 fully saturated rings. The number of hydrogen-bond donors (Lipinski definition) is 1. The van der Waals surface area contributed by atoms with Crippen LogP contribution in [0.4, 0.5) is 0 Å². The molecule has 1 aliphatic heterocycles. The van der Waals surface area contributed by atoms with E-state index in [1.807, 2.05) is 9.78 Å². The highest BCUT2D eigenvalue weighted by molar-refractivity contribution is 7.15. The summed E-state index contributed by atoms with van der Waals surface area (Å²) in [5.41, 5.74) is 1.64. The molecule has 112 valence electrons. The number of benzene rings is 1. The second-order valence-electron chi connectivity index (χ2n) is 4.78. The fourth-order valence-corrected chi connectivity index (χ4v) is 3.15. The Morgan fingerprint density at radius 2 is 2.27 bits per heavy atom. The molecule has 0 saturated heterocycles. The molecule has 0 spiro atoms. The number of amides is 1. The van der Waals surface area contributed by atoms with Crippen molar-refractivity contribution in [1.82, 2.24) is 19.9 Å². The summed E-state index contributed by atoms with van der Waals surface area (Å²) in [6.07, 6.45) is 2.40. The molecule has 1 N–H and O–H groups in total. The monoisotopic (exact) mass is 316 g/mol. The van der Waals surface area contributed by atoms with Crippen molar-refractivity contribution in [3.63, 3.8) is 0 Å². The first kappa shape index (κ1) is 13.1. The van der Waals surface area contributed by atoms with E-state index in [9.17, 15) is 4.79 Å². The molecule has 0 bridgehead atoms. The molecule has 0 saturated carbocycles. The van der Waals surface area contributed by atoms with Gasteiger partial charge < -0.3 is 14.8 Å². The van der Waals surface area contributed by atoms with Gasteiger partial charge in [0.05, 0.1) is 0 Å². The third-order valence-corrected chi connectivity index (χ3v) is 4.31. The molecular formula is C14H12N4O3S. The fourth-order valence-electron chi connectivity index (χ4n) is 2.30. The van der Waals surface area contributed by atoms with Gasteiger partial charge in [-0.05, 0) is 18.2 Å². The van der Waals surface area contributed by atoms with Gasteiger partial charge in [0, 0.05) is 29.6 Å². The van der Waals surface area contributed by atoms with Crippen LogP contribution in [0.5, 0.6) is 11.5 Å². The summed E-state index contributed by atoms with van der Waals surface area (Å²) in [5, 5.41) is 12.8. The quantitative estimate of drug-likeness (QED) is 0.789. The Hall–Kier alpha value is -2.61. The number of hydrogen-bond acceptors (Lipinski definition) is 6. The molecular weight excluding hydrogens is 304 g/mol. The van der Waals surface area contributed by atoms with Crippen molar-refractivity contribution in [2.24, 2.45) is 0 Å². The standard InChI is InChI=1S/C14H12N4O3S/c19-13(9-1-2-11-12(5-9)21-8-20-11)15-4-3-10-6-22-14-17-16-7-18(10)14/h1-2,5-7H,3-4,8H2,(H,15,19). The summed E-state index contributed by atoms with van der Waals surface area (Å²) in [5.74, 6) is 1.15. The maximum atomic E-state index is 12.2. The molecule has 8 heteroatoms. The smallest absolute Gasteiger partial charge is 0.251 e. The predicted octanol–water partition coefficient (Wildman–Crippen LogP) is 1.49. The van der Waals surface area contributed by atoms with Crippen LogP contribution in [0.2, 0.25) is 0 Å². The van der Waals surface area contributed by atoms with Crippen LogP contribution < -0.4 is 14.8 Å². The van der Waals surface area contributed by atoms with Crippen molar-refractivity contribution in [3.8, 4) is 11.5 Å². The third-order valence-electron chi connectivity index (χ3n) is 3.43. The van der Waals surface area contributed by atoms with Gasteiger partial charge in [0.2, 0.25) is 11.8 Å². The van der Waals surface area contributed by atoms with Crippen molar-refractivity contribution >= 4 is 22.2 Å². The highest BCUT2D eigenvalue weighted by Gasteiger charge is 2.16. The van der Waals surface area contributed by atoms with Gasteiger partial charge in [0.25, 0.3) is 5.91 Å². The zero-order valence-corrected chi connectivity index (χ0v) is 12.3. The number of carbonyl (C=O) groups excluding carboxylic acids is 1. The second kappa shape index (κ2) is 5.30. The number of rotatable bonds is 4. The highest BCUT2D eigenvalue weighted by Crippen LogP contribution is 2.32. The fraction of sp³-hybridized carbons (Fsp3) is 0.214. The normalized spacial score (nSPS) is 12.7. The Morgan fingerprint density at radius 3 is 3.23 bits per heavy atom. The summed E-state index contributed by atoms with van der Waals surface area (Å²) < 4.78 is 12.4. The van der Waals surface area contributed by atoms with E-state index in [4.69, 9.17) is 9.47 Å². The first-order valence-electron chi connectivity index (χ1n) is 6.75. The van der Waals surface area contributed by atoms with Crippen molar-refractivity contribution < 1.29 is 14.3 Å². The lowest BCUT2D eigenvalue weighted by molar-refractivity contribution is 0.0953. The second-order valence-corrected chi connectivity index (χ2v) is 5.62. The molecule has 4 rings (SSSR count). The van der Waals surface area contributed by atoms with E-state index in [1.54, 1.807) is 24.5 Å². The third kappa shape index (κ3) is 2.27. The van der Waals surface area contributed by atoms with Crippen molar-refractivity contribution in [1.29, 1.82) is 0 Å². The molecule has 7 nitrogen and oxygen atoms in total. The molecule has 1 amide bonds. The van der Waals surface area contributed by atoms with Gasteiger partial charge in [-0.3, -0.25) is 9.20 Å². The van der Waals surface area contributed by atoms with Gasteiger partial charge >= 0.3 is 0 Å². The Labute approximate surface area is 129 Å². The Kier molecular flexibility index (Phi) is 3.15. The number of fused-ring (bicyclic) bond motifs is 2. The lowest BCUT2D eigenvalue weighted by Crippen LogP contribution is -2.25. The minimum atomic E-state index is -0.131. The van der Waals surface area contributed by atoms with E-state index >= 15 is 0 Å². The number of aromatic nitrogens is 3. The van der Waals surface area contributed by atoms with Crippen LogP contribution >= 0.6 is 11.3 Å². The molecule has 2 aromatic heterocycles. The summed E-state index contributed by atoms with van der Waals surface area (Å²) in [7, 11) is 0. The van der Waals surface area contributed by atoms with Crippen LogP contribution in [0.3, 0.4) is 0 Å². The summed E-state index contributed by atoms with van der Waals surface area (Å²) in [6, 6.07) is 5.17. The van der Waals surface area contributed by atoms with E-state index in [0.717, 1.165) is 10.7 Å². The molecule has 0 radical (unpaired) electrons. The van der Waals surface area contributed by atoms with Crippen molar-refractivity contribution in [3.05, 3.63) is 41.2 Å². The van der Waals surface area contributed by atoms with Gasteiger partial charge in [-0.2, -0.15) is 0 Å². The number of thiazole rings is 1. The van der Waals surface area contributed by atoms with Crippen molar-refractivity contribution in [2.75, 3.05) is 13.3 Å². The Balaban J connectivity index is 1.39. The van der Waals surface area contributed by atoms with E-state index in [-0.39, 0.29) is 12.7 Å². The molecule has 3 heterocycles. The largest absolute Gasteiger partial charge is 0.454 e. The van der Waals surface area contributed by atoms with Crippen LogP contribution in [-0.4, -0.2) is 33.8 Å². The van der Waals surface area contributed by atoms with E-state index in [2.05, 4.69) is 15.5 Å². The predicted molar refractivity (Wildman–Crippen MR) is 79.5 cm³/mol. The number of nitrogens with zero attached hydrogens (tertiary/aromatic N) is 3. The average Bonchev–Trinajstić information content (AvgIpc) is 3.23. The van der Waals surface area contributed by atoms with Gasteiger partial charge in [-0.25, -0.2) is 0 Å². The lowest BCUT2D eigenvalue weighted by atomic mass is 10.2. The van der Waals surface area contributed by atoms with Crippen LogP contribution in [-0.2, 0) is 6.42 Å². The molecule has 1 aromatic carbocycles. The molecule has 0 unspecified atom stereocenters. The van der Waals surface area contributed by atoms with Gasteiger partial charge in [0.15, 0.2) is 11.5 Å². The Bertz CT molecular complexity index is 842. The average molecular weight is 316 g/mol. The highest BCUT2D eigenvalue weighted by atomic mass is 32.1. The zero-order valence-electron chi connectivity index (χ0n) is 11.5. The first-order valence-corrected chi connectivity index (χ1v) is 7.63. The van der Waals surface area contributed by atoms with Gasteiger partial charge in [0.1, 0.15) is 6.33 Å². The van der Waals surface area contributed by atoms with Gasteiger partial charge in [-0.1, -0.05) is 0 Å². The molecule has 1 aliphatic rings. The van der Waals surface area contributed by atoms with E-state index in [1.165, 1.54) is 11.3 Å². The van der Waals surface area contributed by atoms with Crippen LogP contribution in [0.25, 0.3) is 4.96 Å². The SMILES string of the molecule is O=C(NCCc1csc2nncn12)c1ccc2c(c1)OCO2. The molecule has 3 aromatic rings. The maximum absolute atomic E-state index is 12.2.